The number of carbonyl (C=O) groups excluding carboxylic acids is 1. The average molecular weight is 182 g/mol. The Kier molecular flexibility index (Phi) is 2.18. The van der Waals surface area contributed by atoms with Crippen LogP contribution >= 0.6 is 0 Å². The van der Waals surface area contributed by atoms with Gasteiger partial charge in [-0.25, -0.2) is 0 Å². The fourth-order valence-corrected chi connectivity index (χ4v) is 2.86. The molecule has 2 saturated carbocycles. The van der Waals surface area contributed by atoms with Crippen LogP contribution in [0.15, 0.2) is 0 Å². The highest BCUT2D eigenvalue weighted by Crippen LogP contribution is 2.44. The quantitative estimate of drug-likeness (QED) is 0.621. The first kappa shape index (κ1) is 9.20. The van der Waals surface area contributed by atoms with Gasteiger partial charge in [0.2, 0.25) is 0 Å². The van der Waals surface area contributed by atoms with Gasteiger partial charge in [-0.3, -0.25) is 4.79 Å². The van der Waals surface area contributed by atoms with Gasteiger partial charge in [-0.15, -0.1) is 0 Å². The summed E-state index contributed by atoms with van der Waals surface area (Å²) < 4.78 is 0. The van der Waals surface area contributed by atoms with Gasteiger partial charge in [0.25, 0.3) is 0 Å². The second kappa shape index (κ2) is 3.09. The molecular formula is C11H18O2. The highest BCUT2D eigenvalue weighted by molar-refractivity contribution is 5.88. The lowest BCUT2D eigenvalue weighted by atomic mass is 9.67. The Morgan fingerprint density at radius 2 is 2.08 bits per heavy atom. The summed E-state index contributed by atoms with van der Waals surface area (Å²) in [6, 6.07) is 0. The van der Waals surface area contributed by atoms with Gasteiger partial charge >= 0.3 is 0 Å². The maximum atomic E-state index is 12.0. The molecule has 0 heterocycles. The summed E-state index contributed by atoms with van der Waals surface area (Å²) in [5.74, 6) is 0.296. The highest BCUT2D eigenvalue weighted by atomic mass is 16.3. The average Bonchev–Trinajstić information content (AvgIpc) is 2.19. The SMILES string of the molecule is C[C@@]12CCCC[C@@H](C1=O)[C@@H](O)CC2. The van der Waals surface area contributed by atoms with Crippen LogP contribution in [0.4, 0.5) is 0 Å². The topological polar surface area (TPSA) is 37.3 Å². The zero-order chi connectivity index (χ0) is 9.47. The second-order valence-electron chi connectivity index (χ2n) is 4.88. The van der Waals surface area contributed by atoms with E-state index in [1.54, 1.807) is 0 Å². The van der Waals surface area contributed by atoms with Gasteiger partial charge < -0.3 is 5.11 Å². The van der Waals surface area contributed by atoms with Crippen LogP contribution in [0.2, 0.25) is 0 Å². The molecule has 2 rings (SSSR count). The van der Waals surface area contributed by atoms with E-state index in [2.05, 4.69) is 6.92 Å². The largest absolute Gasteiger partial charge is 0.392 e. The molecule has 74 valence electrons. The Morgan fingerprint density at radius 3 is 2.85 bits per heavy atom. The normalized spacial score (nSPS) is 45.8. The standard InChI is InChI=1S/C11H18O2/c1-11-6-3-2-4-8(10(11)13)9(12)5-7-11/h8-9,12H,2-7H2,1H3/t8-,9+,11+/m1/s1. The van der Waals surface area contributed by atoms with Crippen molar-refractivity contribution in [2.45, 2.75) is 51.6 Å². The van der Waals surface area contributed by atoms with Gasteiger partial charge in [0, 0.05) is 11.3 Å². The van der Waals surface area contributed by atoms with Crippen molar-refractivity contribution in [3.05, 3.63) is 0 Å². The molecule has 2 fully saturated rings. The van der Waals surface area contributed by atoms with E-state index in [0.29, 0.717) is 5.78 Å². The molecule has 0 aromatic heterocycles. The summed E-state index contributed by atoms with van der Waals surface area (Å²) in [6.07, 6.45) is 5.59. The van der Waals surface area contributed by atoms with Crippen LogP contribution in [0.25, 0.3) is 0 Å². The molecule has 13 heavy (non-hydrogen) atoms. The van der Waals surface area contributed by atoms with Crippen LogP contribution in [0.1, 0.15) is 45.4 Å². The number of hydrogen-bond acceptors (Lipinski definition) is 2. The number of hydrogen-bond donors (Lipinski definition) is 1. The summed E-state index contributed by atoms with van der Waals surface area (Å²) in [4.78, 5) is 12.0. The molecule has 0 unspecified atom stereocenters. The molecule has 0 amide bonds. The fraction of sp³-hybridized carbons (Fsp3) is 0.909. The summed E-state index contributed by atoms with van der Waals surface area (Å²) in [5, 5.41) is 9.71. The molecule has 0 aliphatic heterocycles. The monoisotopic (exact) mass is 182 g/mol. The van der Waals surface area contributed by atoms with E-state index in [1.165, 1.54) is 0 Å². The molecule has 0 radical (unpaired) electrons. The van der Waals surface area contributed by atoms with Crippen LogP contribution < -0.4 is 0 Å². The lowest BCUT2D eigenvalue weighted by Gasteiger charge is -2.37. The van der Waals surface area contributed by atoms with Crippen molar-refractivity contribution in [1.82, 2.24) is 0 Å². The number of rotatable bonds is 0. The fourth-order valence-electron chi connectivity index (χ4n) is 2.86. The van der Waals surface area contributed by atoms with Crippen LogP contribution in [-0.2, 0) is 4.79 Å². The van der Waals surface area contributed by atoms with Crippen LogP contribution in [0.5, 0.6) is 0 Å². The summed E-state index contributed by atoms with van der Waals surface area (Å²) in [6.45, 7) is 2.08. The molecule has 1 N–H and O–H groups in total. The summed E-state index contributed by atoms with van der Waals surface area (Å²) >= 11 is 0. The molecular weight excluding hydrogens is 164 g/mol. The molecule has 0 saturated heterocycles. The molecule has 0 spiro atoms. The van der Waals surface area contributed by atoms with Crippen molar-refractivity contribution >= 4 is 5.78 Å². The zero-order valence-electron chi connectivity index (χ0n) is 8.25. The van der Waals surface area contributed by atoms with Gasteiger partial charge in [-0.1, -0.05) is 19.8 Å². The van der Waals surface area contributed by atoms with Gasteiger partial charge in [-0.05, 0) is 25.7 Å². The van der Waals surface area contributed by atoms with Gasteiger partial charge in [0.1, 0.15) is 5.78 Å². The van der Waals surface area contributed by atoms with Crippen molar-refractivity contribution < 1.29 is 9.90 Å². The lowest BCUT2D eigenvalue weighted by molar-refractivity contribution is -0.140. The van der Waals surface area contributed by atoms with Crippen molar-refractivity contribution in [3.8, 4) is 0 Å². The third kappa shape index (κ3) is 1.41. The van der Waals surface area contributed by atoms with E-state index in [4.69, 9.17) is 0 Å². The molecule has 0 aromatic rings. The summed E-state index contributed by atoms with van der Waals surface area (Å²) in [7, 11) is 0. The first-order valence-electron chi connectivity index (χ1n) is 5.36. The van der Waals surface area contributed by atoms with E-state index in [-0.39, 0.29) is 17.4 Å². The smallest absolute Gasteiger partial charge is 0.144 e. The third-order valence-electron chi connectivity index (χ3n) is 3.88. The lowest BCUT2D eigenvalue weighted by Crippen LogP contribution is -2.43. The summed E-state index contributed by atoms with van der Waals surface area (Å²) in [5.41, 5.74) is -0.0968. The first-order chi connectivity index (χ1) is 6.13. The van der Waals surface area contributed by atoms with Gasteiger partial charge in [0.05, 0.1) is 6.10 Å². The minimum absolute atomic E-state index is 0.0405. The van der Waals surface area contributed by atoms with Crippen molar-refractivity contribution in [2.75, 3.05) is 0 Å². The molecule has 2 nitrogen and oxygen atoms in total. The second-order valence-corrected chi connectivity index (χ2v) is 4.88. The minimum Gasteiger partial charge on any atom is -0.392 e. The Labute approximate surface area is 79.3 Å². The number of aliphatic hydroxyl groups excluding tert-OH is 1. The molecule has 0 aromatic carbocycles. The number of ketones is 1. The predicted molar refractivity (Wildman–Crippen MR) is 50.3 cm³/mol. The Balaban J connectivity index is 2.26. The molecule has 2 heteroatoms. The van der Waals surface area contributed by atoms with Crippen molar-refractivity contribution in [3.63, 3.8) is 0 Å². The van der Waals surface area contributed by atoms with Crippen molar-refractivity contribution in [2.24, 2.45) is 11.3 Å². The molecule has 2 bridgehead atoms. The minimum atomic E-state index is -0.348. The molecule has 3 atom stereocenters. The zero-order valence-corrected chi connectivity index (χ0v) is 8.25. The number of aliphatic hydroxyl groups is 1. The number of Topliss-reactive ketones (excluding diaryl/α,β-unsaturated/α-hetero) is 1. The third-order valence-corrected chi connectivity index (χ3v) is 3.88. The van der Waals surface area contributed by atoms with E-state index >= 15 is 0 Å². The maximum absolute atomic E-state index is 12.0. The van der Waals surface area contributed by atoms with Crippen LogP contribution in [0, 0.1) is 11.3 Å². The number of carbonyl (C=O) groups is 1. The Morgan fingerprint density at radius 1 is 1.31 bits per heavy atom. The van der Waals surface area contributed by atoms with Crippen molar-refractivity contribution in [1.29, 1.82) is 0 Å². The first-order valence-corrected chi connectivity index (χ1v) is 5.36. The maximum Gasteiger partial charge on any atom is 0.144 e. The van der Waals surface area contributed by atoms with E-state index in [1.807, 2.05) is 0 Å². The van der Waals surface area contributed by atoms with Gasteiger partial charge in [0.15, 0.2) is 0 Å². The predicted octanol–water partition coefficient (Wildman–Crippen LogP) is 1.91. The van der Waals surface area contributed by atoms with E-state index in [9.17, 15) is 9.90 Å². The van der Waals surface area contributed by atoms with Crippen LogP contribution in [0.3, 0.4) is 0 Å². The van der Waals surface area contributed by atoms with Gasteiger partial charge in [-0.2, -0.15) is 0 Å². The Bertz CT molecular complexity index is 224. The highest BCUT2D eigenvalue weighted by Gasteiger charge is 2.45. The van der Waals surface area contributed by atoms with Crippen LogP contribution in [-0.4, -0.2) is 17.0 Å². The van der Waals surface area contributed by atoms with E-state index < -0.39 is 0 Å². The van der Waals surface area contributed by atoms with E-state index in [0.717, 1.165) is 38.5 Å². The Hall–Kier alpha value is -0.370. The number of fused-ring (bicyclic) bond motifs is 2. The molecule has 2 aliphatic carbocycles. The molecule has 2 aliphatic rings.